The first kappa shape index (κ1) is 32.7. The van der Waals surface area contributed by atoms with Crippen molar-refractivity contribution in [3.63, 3.8) is 0 Å². The molecule has 0 atom stereocenters. The third-order valence-corrected chi connectivity index (χ3v) is 8.77. The molecule has 4 rings (SSSR count). The molecular formula is C30H40Cl2F6O2. The monoisotopic (exact) mass is 616 g/mol. The highest BCUT2D eigenvalue weighted by atomic mass is 35.5. The number of benzene rings is 2. The predicted molar refractivity (Wildman–Crippen MR) is 150 cm³/mol. The molecule has 40 heavy (non-hydrogen) atoms. The van der Waals surface area contributed by atoms with Gasteiger partial charge in [0, 0.05) is 2.85 Å². The molecule has 2 aromatic rings. The van der Waals surface area contributed by atoms with Gasteiger partial charge < -0.3 is 9.47 Å². The van der Waals surface area contributed by atoms with Crippen molar-refractivity contribution in [2.45, 2.75) is 91.3 Å². The summed E-state index contributed by atoms with van der Waals surface area (Å²) in [4.78, 5) is 0. The third kappa shape index (κ3) is 8.15. The lowest BCUT2D eigenvalue weighted by atomic mass is 9.82. The second kappa shape index (κ2) is 13.5. The van der Waals surface area contributed by atoms with Gasteiger partial charge in [-0.3, -0.25) is 0 Å². The number of halogens is 8. The normalized spacial score (nSPS) is 23.7. The van der Waals surface area contributed by atoms with Gasteiger partial charge in [-0.1, -0.05) is 74.9 Å². The Kier molecular flexibility index (Phi) is 11.0. The molecule has 0 bridgehead atoms. The first-order valence-corrected chi connectivity index (χ1v) is 14.4. The molecule has 2 saturated carbocycles. The molecule has 0 radical (unpaired) electrons. The van der Waals surface area contributed by atoms with E-state index in [-0.39, 0.29) is 18.6 Å². The van der Waals surface area contributed by atoms with Gasteiger partial charge in [0.05, 0.1) is 16.9 Å². The summed E-state index contributed by atoms with van der Waals surface area (Å²) in [6.45, 7) is 7.23. The summed E-state index contributed by atoms with van der Waals surface area (Å²) in [6, 6.07) is 5.35. The summed E-state index contributed by atoms with van der Waals surface area (Å²) in [5, 5.41) is -0.551. The molecule has 0 heterocycles. The predicted octanol–water partition coefficient (Wildman–Crippen LogP) is 11.7. The lowest BCUT2D eigenvalue weighted by Crippen LogP contribution is -2.37. The van der Waals surface area contributed by atoms with E-state index >= 15 is 0 Å². The second-order valence-corrected chi connectivity index (χ2v) is 12.0. The van der Waals surface area contributed by atoms with Crippen LogP contribution in [0.1, 0.15) is 79.2 Å². The van der Waals surface area contributed by atoms with E-state index in [9.17, 15) is 26.3 Å². The molecule has 2 aliphatic rings. The van der Waals surface area contributed by atoms with Crippen molar-refractivity contribution in [2.75, 3.05) is 0 Å². The standard InChI is InChI=1S/2C15H18ClF3O.2H2/c1-9-3-6-11(7-4-9)15(18,19)20-12-8-5-10(2)14(17)13(12)16;1-9-3-6-11(7-4-9)15(18,19)20-12-8-5-10(2)13(16)14(12)17;;/h2*5,8-9,11H,3-4,6-7H2,1-2H3;2*1H. The fourth-order valence-electron chi connectivity index (χ4n) is 5.07. The number of ether oxygens (including phenoxy) is 2. The van der Waals surface area contributed by atoms with Gasteiger partial charge in [0.2, 0.25) is 0 Å². The number of hydrogen-bond donors (Lipinski definition) is 0. The zero-order valence-corrected chi connectivity index (χ0v) is 24.6. The Morgan fingerprint density at radius 1 is 0.625 bits per heavy atom. The van der Waals surface area contributed by atoms with E-state index in [1.807, 2.05) is 0 Å². The molecule has 2 nitrogen and oxygen atoms in total. The Morgan fingerprint density at radius 3 is 1.50 bits per heavy atom. The summed E-state index contributed by atoms with van der Waals surface area (Å²) < 4.78 is 93.3. The van der Waals surface area contributed by atoms with Crippen LogP contribution in [0.4, 0.5) is 26.3 Å². The topological polar surface area (TPSA) is 18.5 Å². The average Bonchev–Trinajstić information content (AvgIpc) is 2.90. The van der Waals surface area contributed by atoms with E-state index in [1.165, 1.54) is 31.2 Å². The molecular weight excluding hydrogens is 577 g/mol. The van der Waals surface area contributed by atoms with Crippen LogP contribution in [0.3, 0.4) is 0 Å². The largest absolute Gasteiger partial charge is 0.431 e. The van der Waals surface area contributed by atoms with Crippen LogP contribution in [0, 0.1) is 49.2 Å². The SMILES string of the molecule is Cc1ccc(OC(F)(F)C2CCC(C)CC2)c(Cl)c1F.Cc1ccc(OC(F)(F)C2CCC(C)CC2)c(F)c1Cl.[HH].[HH]. The molecule has 0 aromatic heterocycles. The van der Waals surface area contributed by atoms with Gasteiger partial charge in [0.25, 0.3) is 0 Å². The van der Waals surface area contributed by atoms with Crippen LogP contribution >= 0.6 is 23.2 Å². The Labute approximate surface area is 245 Å². The Balaban J connectivity index is 0.000000401. The number of alkyl halides is 4. The zero-order chi connectivity index (χ0) is 29.8. The first-order chi connectivity index (χ1) is 18.6. The van der Waals surface area contributed by atoms with E-state index in [2.05, 4.69) is 18.6 Å². The highest BCUT2D eigenvalue weighted by Gasteiger charge is 2.45. The molecule has 0 spiro atoms. The molecule has 228 valence electrons. The van der Waals surface area contributed by atoms with Gasteiger partial charge >= 0.3 is 12.2 Å². The van der Waals surface area contributed by atoms with Gasteiger partial charge in [-0.05, 0) is 74.6 Å². The van der Waals surface area contributed by atoms with Crippen molar-refractivity contribution < 1.29 is 38.7 Å². The van der Waals surface area contributed by atoms with Crippen molar-refractivity contribution in [3.05, 3.63) is 57.1 Å². The van der Waals surface area contributed by atoms with Crippen LogP contribution in [0.25, 0.3) is 0 Å². The van der Waals surface area contributed by atoms with E-state index in [4.69, 9.17) is 27.9 Å². The minimum atomic E-state index is -3.36. The molecule has 0 aliphatic heterocycles. The molecule has 2 aromatic carbocycles. The third-order valence-electron chi connectivity index (χ3n) is 7.95. The van der Waals surface area contributed by atoms with Crippen LogP contribution in [0.5, 0.6) is 11.5 Å². The minimum absolute atomic E-state index is 0. The fraction of sp³-hybridized carbons (Fsp3) is 0.600. The van der Waals surface area contributed by atoms with Crippen molar-refractivity contribution in [2.24, 2.45) is 23.7 Å². The summed E-state index contributed by atoms with van der Waals surface area (Å²) in [5.74, 6) is -3.16. The van der Waals surface area contributed by atoms with Crippen LogP contribution in [-0.2, 0) is 0 Å². The lowest BCUT2D eigenvalue weighted by Gasteiger charge is -2.32. The maximum atomic E-state index is 14.1. The molecule has 2 aliphatic carbocycles. The van der Waals surface area contributed by atoms with Crippen LogP contribution in [0.15, 0.2) is 24.3 Å². The summed E-state index contributed by atoms with van der Waals surface area (Å²) in [5.41, 5.74) is 0.795. The highest BCUT2D eigenvalue weighted by molar-refractivity contribution is 6.32. The minimum Gasteiger partial charge on any atom is -0.431 e. The van der Waals surface area contributed by atoms with E-state index in [0.29, 0.717) is 48.6 Å². The zero-order valence-electron chi connectivity index (χ0n) is 23.1. The van der Waals surface area contributed by atoms with Crippen LogP contribution in [-0.4, -0.2) is 12.2 Å². The maximum Gasteiger partial charge on any atom is 0.400 e. The van der Waals surface area contributed by atoms with E-state index < -0.39 is 41.4 Å². The molecule has 10 heteroatoms. The van der Waals surface area contributed by atoms with Crippen molar-refractivity contribution >= 4 is 23.2 Å². The second-order valence-electron chi connectivity index (χ2n) is 11.3. The van der Waals surface area contributed by atoms with Crippen molar-refractivity contribution in [1.29, 1.82) is 0 Å². The van der Waals surface area contributed by atoms with Gasteiger partial charge in [-0.2, -0.15) is 17.6 Å². The number of aryl methyl sites for hydroxylation is 2. The summed E-state index contributed by atoms with van der Waals surface area (Å²) >= 11 is 11.4. The lowest BCUT2D eigenvalue weighted by molar-refractivity contribution is -0.224. The molecule has 0 saturated heterocycles. The van der Waals surface area contributed by atoms with Crippen LogP contribution in [0.2, 0.25) is 10.0 Å². The Hall–Kier alpha value is -1.80. The van der Waals surface area contributed by atoms with Gasteiger partial charge in [-0.25, -0.2) is 8.78 Å². The van der Waals surface area contributed by atoms with Gasteiger partial charge in [0.15, 0.2) is 11.6 Å². The van der Waals surface area contributed by atoms with Crippen LogP contribution < -0.4 is 9.47 Å². The average molecular weight is 618 g/mol. The molecule has 0 N–H and O–H groups in total. The Morgan fingerprint density at radius 2 is 1.02 bits per heavy atom. The van der Waals surface area contributed by atoms with Gasteiger partial charge in [-0.15, -0.1) is 0 Å². The maximum absolute atomic E-state index is 14.1. The quantitative estimate of drug-likeness (QED) is 0.300. The first-order valence-electron chi connectivity index (χ1n) is 13.6. The molecule has 0 unspecified atom stereocenters. The summed E-state index contributed by atoms with van der Waals surface area (Å²) in [6.07, 6.45) is -2.02. The van der Waals surface area contributed by atoms with Gasteiger partial charge in [0.1, 0.15) is 16.6 Å². The number of rotatable bonds is 6. The number of hydrogen-bond acceptors (Lipinski definition) is 2. The summed E-state index contributed by atoms with van der Waals surface area (Å²) in [7, 11) is 0. The smallest absolute Gasteiger partial charge is 0.400 e. The molecule has 2 fully saturated rings. The highest BCUT2D eigenvalue weighted by Crippen LogP contribution is 2.43. The van der Waals surface area contributed by atoms with Crippen molar-refractivity contribution in [1.82, 2.24) is 0 Å². The Bertz CT molecular complexity index is 1070. The van der Waals surface area contributed by atoms with E-state index in [0.717, 1.165) is 25.7 Å². The molecule has 0 amide bonds. The fourth-order valence-corrected chi connectivity index (χ4v) is 5.47. The van der Waals surface area contributed by atoms with E-state index in [1.54, 1.807) is 6.92 Å². The van der Waals surface area contributed by atoms with Crippen molar-refractivity contribution in [3.8, 4) is 11.5 Å².